The Balaban J connectivity index is 1.53. The van der Waals surface area contributed by atoms with Crippen molar-refractivity contribution >= 4 is 51.7 Å². The van der Waals surface area contributed by atoms with Crippen LogP contribution < -0.4 is 16.8 Å². The van der Waals surface area contributed by atoms with E-state index >= 15 is 0 Å². The maximum absolute atomic E-state index is 13.0. The van der Waals surface area contributed by atoms with Crippen LogP contribution in [0.5, 0.6) is 0 Å². The van der Waals surface area contributed by atoms with Crippen LogP contribution in [0.25, 0.3) is 10.9 Å². The molecule has 0 aliphatic heterocycles. The standard InChI is InChI=1S/C20H20ClN7O3/c21-15-2-1-3-16(24-15)25-17(29)9-27(12-5-6-12)18(30)10-28-14-8-11(22)4-7-13(14)19(26-28)20(23)31/h1-4,7-8,12H,5-6,9-10,22H2,(H2,23,31)(H,24,25,29). The molecule has 0 saturated heterocycles. The fourth-order valence-corrected chi connectivity index (χ4v) is 3.50. The Hall–Kier alpha value is -3.66. The predicted molar refractivity (Wildman–Crippen MR) is 115 cm³/mol. The van der Waals surface area contributed by atoms with E-state index in [1.807, 2.05) is 0 Å². The second-order valence-corrected chi connectivity index (χ2v) is 7.68. The van der Waals surface area contributed by atoms with Gasteiger partial charge in [-0.25, -0.2) is 4.98 Å². The van der Waals surface area contributed by atoms with Crippen LogP contribution >= 0.6 is 11.6 Å². The minimum Gasteiger partial charge on any atom is -0.399 e. The first-order chi connectivity index (χ1) is 14.8. The Labute approximate surface area is 182 Å². The van der Waals surface area contributed by atoms with Gasteiger partial charge < -0.3 is 21.7 Å². The molecule has 0 spiro atoms. The van der Waals surface area contributed by atoms with Gasteiger partial charge in [-0.15, -0.1) is 0 Å². The molecular formula is C20H20ClN7O3. The first-order valence-corrected chi connectivity index (χ1v) is 9.97. The molecule has 1 aliphatic carbocycles. The van der Waals surface area contributed by atoms with Gasteiger partial charge in [-0.2, -0.15) is 5.10 Å². The topological polar surface area (TPSA) is 149 Å². The number of fused-ring (bicyclic) bond motifs is 1. The first kappa shape index (κ1) is 20.6. The van der Waals surface area contributed by atoms with Crippen molar-refractivity contribution in [1.82, 2.24) is 19.7 Å². The summed E-state index contributed by atoms with van der Waals surface area (Å²) in [5, 5.41) is 7.61. The SMILES string of the molecule is NC(=O)c1nn(CC(=O)N(CC(=O)Nc2cccc(Cl)n2)C2CC2)c2cc(N)ccc12. The van der Waals surface area contributed by atoms with Crippen molar-refractivity contribution in [2.24, 2.45) is 5.73 Å². The molecule has 2 aromatic heterocycles. The Bertz CT molecular complexity index is 1190. The summed E-state index contributed by atoms with van der Waals surface area (Å²) >= 11 is 5.84. The molecule has 1 aliphatic rings. The highest BCUT2D eigenvalue weighted by Crippen LogP contribution is 2.28. The van der Waals surface area contributed by atoms with E-state index in [1.54, 1.807) is 36.4 Å². The monoisotopic (exact) mass is 441 g/mol. The number of halogens is 1. The normalized spacial score (nSPS) is 13.2. The predicted octanol–water partition coefficient (Wildman–Crippen LogP) is 1.40. The van der Waals surface area contributed by atoms with Crippen LogP contribution in [0.1, 0.15) is 23.3 Å². The number of hydrogen-bond donors (Lipinski definition) is 3. The van der Waals surface area contributed by atoms with Gasteiger partial charge in [0.25, 0.3) is 5.91 Å². The lowest BCUT2D eigenvalue weighted by molar-refractivity contribution is -0.135. The number of pyridine rings is 1. The zero-order valence-electron chi connectivity index (χ0n) is 16.4. The Morgan fingerprint density at radius 2 is 2.00 bits per heavy atom. The Morgan fingerprint density at radius 1 is 1.23 bits per heavy atom. The molecule has 1 fully saturated rings. The number of benzene rings is 1. The summed E-state index contributed by atoms with van der Waals surface area (Å²) < 4.78 is 1.39. The average molecular weight is 442 g/mol. The van der Waals surface area contributed by atoms with E-state index in [0.717, 1.165) is 12.8 Å². The molecule has 1 aromatic carbocycles. The van der Waals surface area contributed by atoms with Crippen molar-refractivity contribution in [3.05, 3.63) is 47.2 Å². The number of rotatable bonds is 7. The molecule has 4 rings (SSSR count). The summed E-state index contributed by atoms with van der Waals surface area (Å²) in [6.45, 7) is -0.297. The second kappa shape index (κ2) is 8.23. The van der Waals surface area contributed by atoms with Crippen LogP contribution in [0, 0.1) is 0 Å². The van der Waals surface area contributed by atoms with Gasteiger partial charge in [0.15, 0.2) is 5.69 Å². The molecule has 31 heavy (non-hydrogen) atoms. The van der Waals surface area contributed by atoms with Gasteiger partial charge in [0, 0.05) is 17.1 Å². The first-order valence-electron chi connectivity index (χ1n) is 9.59. The number of carbonyl (C=O) groups excluding carboxylic acids is 3. The largest absolute Gasteiger partial charge is 0.399 e. The summed E-state index contributed by atoms with van der Waals surface area (Å²) in [7, 11) is 0. The summed E-state index contributed by atoms with van der Waals surface area (Å²) in [5.74, 6) is -1.09. The van der Waals surface area contributed by atoms with Gasteiger partial charge in [0.05, 0.1) is 5.52 Å². The van der Waals surface area contributed by atoms with Crippen LogP contribution in [0.3, 0.4) is 0 Å². The van der Waals surface area contributed by atoms with Gasteiger partial charge in [-0.05, 0) is 43.2 Å². The lowest BCUT2D eigenvalue weighted by Crippen LogP contribution is -2.41. The number of nitrogens with one attached hydrogen (secondary N) is 1. The number of hydrogen-bond acceptors (Lipinski definition) is 6. The zero-order chi connectivity index (χ0) is 22.1. The van der Waals surface area contributed by atoms with Gasteiger partial charge in [-0.1, -0.05) is 17.7 Å². The van der Waals surface area contributed by atoms with Crippen molar-refractivity contribution in [2.45, 2.75) is 25.4 Å². The third-order valence-electron chi connectivity index (χ3n) is 4.90. The number of nitrogen functional groups attached to an aromatic ring is 1. The molecule has 0 radical (unpaired) electrons. The van der Waals surface area contributed by atoms with Crippen LogP contribution in [-0.4, -0.2) is 50.0 Å². The van der Waals surface area contributed by atoms with E-state index in [9.17, 15) is 14.4 Å². The van der Waals surface area contributed by atoms with Crippen molar-refractivity contribution in [3.63, 3.8) is 0 Å². The molecule has 11 heteroatoms. The van der Waals surface area contributed by atoms with Gasteiger partial charge >= 0.3 is 0 Å². The summed E-state index contributed by atoms with van der Waals surface area (Å²) in [6, 6.07) is 9.75. The lowest BCUT2D eigenvalue weighted by atomic mass is 10.2. The maximum Gasteiger partial charge on any atom is 0.269 e. The fourth-order valence-electron chi connectivity index (χ4n) is 3.33. The van der Waals surface area contributed by atoms with Crippen molar-refractivity contribution < 1.29 is 14.4 Å². The van der Waals surface area contributed by atoms with Crippen LogP contribution in [0.4, 0.5) is 11.5 Å². The van der Waals surface area contributed by atoms with E-state index in [0.29, 0.717) is 22.4 Å². The smallest absolute Gasteiger partial charge is 0.269 e. The maximum atomic E-state index is 13.0. The van der Waals surface area contributed by atoms with Gasteiger partial charge in [0.2, 0.25) is 11.8 Å². The number of aromatic nitrogens is 3. The highest BCUT2D eigenvalue weighted by atomic mass is 35.5. The van der Waals surface area contributed by atoms with E-state index in [4.69, 9.17) is 23.1 Å². The van der Waals surface area contributed by atoms with Crippen LogP contribution in [0.2, 0.25) is 5.15 Å². The third kappa shape index (κ3) is 4.58. The van der Waals surface area contributed by atoms with E-state index in [2.05, 4.69) is 15.4 Å². The Kier molecular flexibility index (Phi) is 5.47. The lowest BCUT2D eigenvalue weighted by Gasteiger charge is -2.22. The molecule has 1 saturated carbocycles. The van der Waals surface area contributed by atoms with Gasteiger partial charge in [0.1, 0.15) is 24.1 Å². The summed E-state index contributed by atoms with van der Waals surface area (Å²) in [5.41, 5.74) is 12.3. The average Bonchev–Trinajstić information content (AvgIpc) is 3.48. The summed E-state index contributed by atoms with van der Waals surface area (Å²) in [4.78, 5) is 42.8. The molecule has 0 bridgehead atoms. The molecule has 10 nitrogen and oxygen atoms in total. The number of primary amides is 1. The third-order valence-corrected chi connectivity index (χ3v) is 5.11. The van der Waals surface area contributed by atoms with E-state index in [-0.39, 0.29) is 41.8 Å². The minimum absolute atomic E-state index is 0.0203. The quantitative estimate of drug-likeness (QED) is 0.372. The number of carbonyl (C=O) groups is 3. The van der Waals surface area contributed by atoms with E-state index < -0.39 is 5.91 Å². The fraction of sp³-hybridized carbons (Fsp3) is 0.250. The molecule has 0 atom stereocenters. The van der Waals surface area contributed by atoms with Crippen LogP contribution in [-0.2, 0) is 16.1 Å². The minimum atomic E-state index is -0.701. The van der Waals surface area contributed by atoms with Crippen molar-refractivity contribution in [1.29, 1.82) is 0 Å². The highest BCUT2D eigenvalue weighted by Gasteiger charge is 2.34. The van der Waals surface area contributed by atoms with Gasteiger partial charge in [-0.3, -0.25) is 19.1 Å². The number of nitrogens with two attached hydrogens (primary N) is 2. The molecule has 2 heterocycles. The highest BCUT2D eigenvalue weighted by molar-refractivity contribution is 6.29. The molecule has 160 valence electrons. The molecule has 3 amide bonds. The zero-order valence-corrected chi connectivity index (χ0v) is 17.2. The number of anilines is 2. The number of nitrogens with zero attached hydrogens (tertiary/aromatic N) is 4. The second-order valence-electron chi connectivity index (χ2n) is 7.29. The van der Waals surface area contributed by atoms with E-state index in [1.165, 1.54) is 9.58 Å². The van der Waals surface area contributed by atoms with Crippen molar-refractivity contribution in [2.75, 3.05) is 17.6 Å². The summed E-state index contributed by atoms with van der Waals surface area (Å²) in [6.07, 6.45) is 1.63. The molecular weight excluding hydrogens is 422 g/mol. The molecule has 0 unspecified atom stereocenters. The van der Waals surface area contributed by atoms with Crippen molar-refractivity contribution in [3.8, 4) is 0 Å². The number of amides is 3. The Morgan fingerprint density at radius 3 is 2.68 bits per heavy atom. The molecule has 3 aromatic rings. The van der Waals surface area contributed by atoms with Crippen LogP contribution in [0.15, 0.2) is 36.4 Å². The molecule has 5 N–H and O–H groups in total.